The number of para-hydroxylation sites is 1. The zero-order valence-corrected chi connectivity index (χ0v) is 14.6. The molecular formula is C19H23N3O4. The van der Waals surface area contributed by atoms with Gasteiger partial charge in [0.1, 0.15) is 5.69 Å². The molecule has 2 aliphatic heterocycles. The van der Waals surface area contributed by atoms with Gasteiger partial charge in [0.2, 0.25) is 11.8 Å². The molecule has 0 saturated carbocycles. The minimum Gasteiger partial charge on any atom is -0.377 e. The molecule has 1 aromatic carbocycles. The number of carbonyl (C=O) groups is 2. The van der Waals surface area contributed by atoms with Gasteiger partial charge >= 0.3 is 0 Å². The van der Waals surface area contributed by atoms with Crippen LogP contribution >= 0.6 is 0 Å². The van der Waals surface area contributed by atoms with Crippen molar-refractivity contribution in [1.82, 2.24) is 10.1 Å². The number of hydrogen-bond acceptors (Lipinski definition) is 5. The van der Waals surface area contributed by atoms with E-state index in [1.165, 1.54) is 0 Å². The van der Waals surface area contributed by atoms with Crippen LogP contribution in [0.1, 0.15) is 25.0 Å². The van der Waals surface area contributed by atoms with Crippen molar-refractivity contribution >= 4 is 22.8 Å². The van der Waals surface area contributed by atoms with Crippen LogP contribution in [0.2, 0.25) is 0 Å². The number of aromatic nitrogens is 1. The lowest BCUT2D eigenvalue weighted by atomic mass is 9.84. The van der Waals surface area contributed by atoms with Crippen LogP contribution in [0.15, 0.2) is 28.8 Å². The summed E-state index contributed by atoms with van der Waals surface area (Å²) in [5.74, 6) is -0.124. The summed E-state index contributed by atoms with van der Waals surface area (Å²) in [5, 5.41) is 4.93. The lowest BCUT2D eigenvalue weighted by Crippen LogP contribution is -2.44. The quantitative estimate of drug-likeness (QED) is 0.894. The molecule has 0 spiro atoms. The zero-order valence-electron chi connectivity index (χ0n) is 14.6. The summed E-state index contributed by atoms with van der Waals surface area (Å²) in [5.41, 5.74) is 6.87. The number of fused-ring (bicyclic) bond motifs is 1. The second-order valence-corrected chi connectivity index (χ2v) is 7.15. The fraction of sp³-hybridized carbons (Fsp3) is 0.526. The van der Waals surface area contributed by atoms with E-state index < -0.39 is 0 Å². The highest BCUT2D eigenvalue weighted by Crippen LogP contribution is 2.33. The van der Waals surface area contributed by atoms with Gasteiger partial charge in [0.05, 0.1) is 18.4 Å². The average Bonchev–Trinajstić information content (AvgIpc) is 3.29. The van der Waals surface area contributed by atoms with Gasteiger partial charge in [-0.25, -0.2) is 0 Å². The SMILES string of the molecule is NC(=O)[C@H]1CCO[C@@H]1C1CCN(C(=O)Cc2noc3ccccc23)CC1. The summed E-state index contributed by atoms with van der Waals surface area (Å²) < 4.78 is 11.0. The number of ether oxygens (including phenoxy) is 1. The van der Waals surface area contributed by atoms with E-state index in [0.717, 1.165) is 18.2 Å². The summed E-state index contributed by atoms with van der Waals surface area (Å²) in [6.07, 6.45) is 2.52. The molecule has 2 amide bonds. The van der Waals surface area contributed by atoms with Crippen molar-refractivity contribution in [2.45, 2.75) is 31.8 Å². The Hall–Kier alpha value is -2.41. The molecule has 2 saturated heterocycles. The van der Waals surface area contributed by atoms with Crippen LogP contribution in [0, 0.1) is 11.8 Å². The van der Waals surface area contributed by atoms with Crippen LogP contribution in [-0.4, -0.2) is 47.7 Å². The number of benzene rings is 1. The minimum atomic E-state index is -0.274. The van der Waals surface area contributed by atoms with Gasteiger partial charge in [0.25, 0.3) is 0 Å². The van der Waals surface area contributed by atoms with E-state index in [9.17, 15) is 9.59 Å². The van der Waals surface area contributed by atoms with Crippen molar-refractivity contribution in [3.63, 3.8) is 0 Å². The Morgan fingerprint density at radius 2 is 1.96 bits per heavy atom. The predicted molar refractivity (Wildman–Crippen MR) is 94.1 cm³/mol. The molecule has 2 atom stereocenters. The smallest absolute Gasteiger partial charge is 0.228 e. The standard InChI is InChI=1S/C19H23N3O4/c20-19(24)14-7-10-25-18(14)12-5-8-22(9-6-12)17(23)11-15-13-3-1-2-4-16(13)26-21-15/h1-4,12,14,18H,5-11H2,(H2,20,24)/t14-,18+/m0/s1. The molecule has 3 heterocycles. The first-order valence-electron chi connectivity index (χ1n) is 9.15. The van der Waals surface area contributed by atoms with Crippen LogP contribution in [0.3, 0.4) is 0 Å². The number of nitrogens with two attached hydrogens (primary N) is 1. The Labute approximate surface area is 151 Å². The molecule has 2 fully saturated rings. The van der Waals surface area contributed by atoms with Gasteiger partial charge in [-0.1, -0.05) is 17.3 Å². The first kappa shape index (κ1) is 17.0. The van der Waals surface area contributed by atoms with Crippen LogP contribution in [0.5, 0.6) is 0 Å². The fourth-order valence-corrected chi connectivity index (χ4v) is 4.18. The van der Waals surface area contributed by atoms with Crippen molar-refractivity contribution in [1.29, 1.82) is 0 Å². The van der Waals surface area contributed by atoms with Crippen molar-refractivity contribution in [3.8, 4) is 0 Å². The van der Waals surface area contributed by atoms with Crippen LogP contribution < -0.4 is 5.73 Å². The van der Waals surface area contributed by atoms with Gasteiger partial charge in [-0.05, 0) is 37.3 Å². The molecule has 4 rings (SSSR count). The van der Waals surface area contributed by atoms with Gasteiger partial charge in [-0.15, -0.1) is 0 Å². The number of hydrogen-bond donors (Lipinski definition) is 1. The summed E-state index contributed by atoms with van der Waals surface area (Å²) in [6.45, 7) is 1.94. The Balaban J connectivity index is 1.36. The first-order valence-corrected chi connectivity index (χ1v) is 9.15. The first-order chi connectivity index (χ1) is 12.6. The molecule has 2 aromatic rings. The molecule has 0 aliphatic carbocycles. The molecule has 26 heavy (non-hydrogen) atoms. The van der Waals surface area contributed by atoms with Crippen LogP contribution in [0.25, 0.3) is 11.0 Å². The topological polar surface area (TPSA) is 98.7 Å². The molecule has 0 bridgehead atoms. The molecule has 1 aromatic heterocycles. The number of likely N-dealkylation sites (tertiary alicyclic amines) is 1. The normalized spacial score (nSPS) is 24.2. The lowest BCUT2D eigenvalue weighted by molar-refractivity contribution is -0.133. The molecule has 0 unspecified atom stereocenters. The third kappa shape index (κ3) is 3.19. The van der Waals surface area contributed by atoms with E-state index in [-0.39, 0.29) is 36.2 Å². The second-order valence-electron chi connectivity index (χ2n) is 7.15. The molecule has 0 radical (unpaired) electrons. The molecule has 7 nitrogen and oxygen atoms in total. The molecule has 2 aliphatic rings. The van der Waals surface area contributed by atoms with E-state index in [1.807, 2.05) is 29.2 Å². The maximum atomic E-state index is 12.6. The Morgan fingerprint density at radius 3 is 2.73 bits per heavy atom. The summed E-state index contributed by atoms with van der Waals surface area (Å²) in [6, 6.07) is 7.56. The van der Waals surface area contributed by atoms with Crippen LogP contribution in [-0.2, 0) is 20.7 Å². The number of rotatable bonds is 4. The molecular weight excluding hydrogens is 334 g/mol. The van der Waals surface area contributed by atoms with Gasteiger partial charge in [0, 0.05) is 25.1 Å². The highest BCUT2D eigenvalue weighted by Gasteiger charge is 2.39. The van der Waals surface area contributed by atoms with Gasteiger partial charge < -0.3 is 19.9 Å². The van der Waals surface area contributed by atoms with E-state index in [2.05, 4.69) is 5.16 Å². The van der Waals surface area contributed by atoms with E-state index >= 15 is 0 Å². The van der Waals surface area contributed by atoms with Gasteiger partial charge in [-0.2, -0.15) is 0 Å². The average molecular weight is 357 g/mol. The van der Waals surface area contributed by atoms with Crippen LogP contribution in [0.4, 0.5) is 0 Å². The Morgan fingerprint density at radius 1 is 1.19 bits per heavy atom. The van der Waals surface area contributed by atoms with Crippen molar-refractivity contribution < 1.29 is 18.8 Å². The number of nitrogens with zero attached hydrogens (tertiary/aromatic N) is 2. The fourth-order valence-electron chi connectivity index (χ4n) is 4.18. The summed E-state index contributed by atoms with van der Waals surface area (Å²) in [7, 11) is 0. The second kappa shape index (κ2) is 7.07. The number of carbonyl (C=O) groups excluding carboxylic acids is 2. The Bertz CT molecular complexity index is 810. The monoisotopic (exact) mass is 357 g/mol. The van der Waals surface area contributed by atoms with E-state index in [4.69, 9.17) is 15.0 Å². The number of amides is 2. The van der Waals surface area contributed by atoms with Gasteiger partial charge in [0.15, 0.2) is 5.58 Å². The third-order valence-electron chi connectivity index (χ3n) is 5.63. The Kier molecular flexibility index (Phi) is 4.63. The summed E-state index contributed by atoms with van der Waals surface area (Å²) in [4.78, 5) is 26.1. The maximum Gasteiger partial charge on any atom is 0.228 e. The predicted octanol–water partition coefficient (Wildman–Crippen LogP) is 1.50. The molecule has 2 N–H and O–H groups in total. The van der Waals surface area contributed by atoms with Crippen molar-refractivity contribution in [2.24, 2.45) is 17.6 Å². The highest BCUT2D eigenvalue weighted by molar-refractivity contribution is 5.86. The van der Waals surface area contributed by atoms with E-state index in [1.54, 1.807) is 0 Å². The van der Waals surface area contributed by atoms with Gasteiger partial charge in [-0.3, -0.25) is 9.59 Å². The number of primary amides is 1. The lowest BCUT2D eigenvalue weighted by Gasteiger charge is -2.35. The van der Waals surface area contributed by atoms with E-state index in [0.29, 0.717) is 37.4 Å². The number of piperidine rings is 1. The minimum absolute atomic E-state index is 0.0568. The zero-order chi connectivity index (χ0) is 18.1. The largest absolute Gasteiger partial charge is 0.377 e. The summed E-state index contributed by atoms with van der Waals surface area (Å²) >= 11 is 0. The van der Waals surface area contributed by atoms with Crippen molar-refractivity contribution in [3.05, 3.63) is 30.0 Å². The maximum absolute atomic E-state index is 12.6. The molecule has 7 heteroatoms. The third-order valence-corrected chi connectivity index (χ3v) is 5.63. The van der Waals surface area contributed by atoms with Crippen molar-refractivity contribution in [2.75, 3.05) is 19.7 Å². The molecule has 138 valence electrons. The highest BCUT2D eigenvalue weighted by atomic mass is 16.5.